The number of fused-ring (bicyclic) bond motifs is 5. The Morgan fingerprint density at radius 2 is 1.96 bits per heavy atom. The molecular formula is C22H30O2. The number of rotatable bonds is 0. The Kier molecular flexibility index (Phi) is 3.40. The molecule has 7 atom stereocenters. The summed E-state index contributed by atoms with van der Waals surface area (Å²) in [6, 6.07) is 0. The monoisotopic (exact) mass is 326 g/mol. The molecule has 3 saturated carbocycles. The number of hydrogen-bond donors (Lipinski definition) is 1. The van der Waals surface area contributed by atoms with Crippen molar-refractivity contribution >= 4 is 5.78 Å². The minimum Gasteiger partial charge on any atom is -0.377 e. The van der Waals surface area contributed by atoms with Crippen LogP contribution in [0.3, 0.4) is 0 Å². The molecule has 0 radical (unpaired) electrons. The van der Waals surface area contributed by atoms with Crippen molar-refractivity contribution in [1.29, 1.82) is 0 Å². The summed E-state index contributed by atoms with van der Waals surface area (Å²) >= 11 is 0. The van der Waals surface area contributed by atoms with Gasteiger partial charge in [0.1, 0.15) is 5.60 Å². The predicted octanol–water partition coefficient (Wildman–Crippen LogP) is 4.13. The van der Waals surface area contributed by atoms with Crippen LogP contribution in [0.5, 0.6) is 0 Å². The van der Waals surface area contributed by atoms with Crippen LogP contribution in [0.1, 0.15) is 65.7 Å². The van der Waals surface area contributed by atoms with Crippen LogP contribution in [0.25, 0.3) is 0 Å². The van der Waals surface area contributed by atoms with E-state index >= 15 is 0 Å². The van der Waals surface area contributed by atoms with Crippen LogP contribution >= 0.6 is 0 Å². The van der Waals surface area contributed by atoms with Crippen LogP contribution < -0.4 is 0 Å². The first-order valence-corrected chi connectivity index (χ1v) is 9.70. The fourth-order valence-electron chi connectivity index (χ4n) is 7.21. The van der Waals surface area contributed by atoms with Gasteiger partial charge in [-0.2, -0.15) is 0 Å². The Bertz CT molecular complexity index is 655. The number of terminal acetylenes is 1. The first-order chi connectivity index (χ1) is 11.3. The van der Waals surface area contributed by atoms with E-state index in [1.54, 1.807) is 0 Å². The second-order valence-corrected chi connectivity index (χ2v) is 9.47. The van der Waals surface area contributed by atoms with E-state index < -0.39 is 5.60 Å². The zero-order chi connectivity index (χ0) is 17.3. The van der Waals surface area contributed by atoms with Crippen LogP contribution in [-0.2, 0) is 4.79 Å². The second-order valence-electron chi connectivity index (χ2n) is 9.47. The van der Waals surface area contributed by atoms with Gasteiger partial charge in [-0.3, -0.25) is 4.79 Å². The summed E-state index contributed by atoms with van der Waals surface area (Å²) in [5.41, 5.74) is 0.493. The zero-order valence-electron chi connectivity index (χ0n) is 15.3. The van der Waals surface area contributed by atoms with Gasteiger partial charge in [0.15, 0.2) is 5.78 Å². The molecule has 2 nitrogen and oxygen atoms in total. The third-order valence-corrected chi connectivity index (χ3v) is 8.76. The Hall–Kier alpha value is -1.07. The first-order valence-electron chi connectivity index (χ1n) is 9.70. The van der Waals surface area contributed by atoms with E-state index in [1.807, 2.05) is 6.08 Å². The summed E-state index contributed by atoms with van der Waals surface area (Å²) in [6.45, 7) is 6.78. The highest BCUT2D eigenvalue weighted by molar-refractivity contribution is 5.91. The Balaban J connectivity index is 1.72. The molecule has 0 bridgehead atoms. The molecular weight excluding hydrogens is 296 g/mol. The fraction of sp³-hybridized carbons (Fsp3) is 0.773. The number of hydrogen-bond acceptors (Lipinski definition) is 2. The Morgan fingerprint density at radius 1 is 1.21 bits per heavy atom. The summed E-state index contributed by atoms with van der Waals surface area (Å²) in [4.78, 5) is 11.9. The molecule has 0 aliphatic heterocycles. The van der Waals surface area contributed by atoms with Crippen molar-refractivity contribution in [3.05, 3.63) is 11.6 Å². The molecule has 0 unspecified atom stereocenters. The lowest BCUT2D eigenvalue weighted by molar-refractivity contribution is -0.120. The van der Waals surface area contributed by atoms with Gasteiger partial charge in [-0.25, -0.2) is 0 Å². The highest BCUT2D eigenvalue weighted by Gasteiger charge is 2.65. The summed E-state index contributed by atoms with van der Waals surface area (Å²) in [5.74, 6) is 5.10. The maximum Gasteiger partial charge on any atom is 0.155 e. The van der Waals surface area contributed by atoms with Crippen molar-refractivity contribution in [3.63, 3.8) is 0 Å². The highest BCUT2D eigenvalue weighted by atomic mass is 16.3. The highest BCUT2D eigenvalue weighted by Crippen LogP contribution is 2.68. The van der Waals surface area contributed by atoms with E-state index in [1.165, 1.54) is 5.57 Å². The van der Waals surface area contributed by atoms with Gasteiger partial charge in [-0.1, -0.05) is 32.3 Å². The van der Waals surface area contributed by atoms with E-state index in [2.05, 4.69) is 26.7 Å². The van der Waals surface area contributed by atoms with Gasteiger partial charge in [0.05, 0.1) is 0 Å². The lowest BCUT2D eigenvalue weighted by atomic mass is 9.46. The van der Waals surface area contributed by atoms with E-state index in [-0.39, 0.29) is 16.7 Å². The maximum atomic E-state index is 11.9. The zero-order valence-corrected chi connectivity index (χ0v) is 15.3. The average Bonchev–Trinajstić information content (AvgIpc) is 2.76. The number of carbonyl (C=O) groups is 1. The lowest BCUT2D eigenvalue weighted by Crippen LogP contribution is -2.55. The van der Waals surface area contributed by atoms with Gasteiger partial charge in [-0.15, -0.1) is 6.42 Å². The van der Waals surface area contributed by atoms with Crippen LogP contribution in [0, 0.1) is 46.8 Å². The van der Waals surface area contributed by atoms with Gasteiger partial charge >= 0.3 is 0 Å². The molecule has 0 spiro atoms. The largest absolute Gasteiger partial charge is 0.377 e. The summed E-state index contributed by atoms with van der Waals surface area (Å²) in [5, 5.41) is 11.3. The van der Waals surface area contributed by atoms with Crippen molar-refractivity contribution < 1.29 is 9.90 Å². The maximum absolute atomic E-state index is 11.9. The quantitative estimate of drug-likeness (QED) is 0.680. The van der Waals surface area contributed by atoms with E-state index in [4.69, 9.17) is 6.42 Å². The normalized spacial score (nSPS) is 53.5. The third-order valence-electron chi connectivity index (χ3n) is 8.76. The second kappa shape index (κ2) is 4.98. The lowest BCUT2D eigenvalue weighted by Gasteiger charge is -2.58. The summed E-state index contributed by atoms with van der Waals surface area (Å²) in [6.07, 6.45) is 14.9. The van der Waals surface area contributed by atoms with Crippen LogP contribution in [0.2, 0.25) is 0 Å². The van der Waals surface area contributed by atoms with Crippen molar-refractivity contribution in [1.82, 2.24) is 0 Å². The summed E-state index contributed by atoms with van der Waals surface area (Å²) < 4.78 is 0. The third kappa shape index (κ3) is 1.80. The number of ketones is 1. The number of allylic oxidation sites excluding steroid dienone is 1. The molecule has 0 heterocycles. The summed E-state index contributed by atoms with van der Waals surface area (Å²) in [7, 11) is 0. The standard InChI is InChI=1S/C22H30O2/c1-5-22(24)14(2)12-19-17-7-6-15-13-16(23)8-10-20(15,3)18(17)9-11-21(19,22)4/h1,13-14,17-19,24H,6-12H2,2-4H3/t14-,17+,18-,19-,20-,21-,22-/m0/s1. The van der Waals surface area contributed by atoms with E-state index in [0.717, 1.165) is 38.5 Å². The van der Waals surface area contributed by atoms with Gasteiger partial charge in [0, 0.05) is 11.8 Å². The molecule has 2 heteroatoms. The van der Waals surface area contributed by atoms with Gasteiger partial charge in [-0.05, 0) is 73.7 Å². The van der Waals surface area contributed by atoms with Crippen molar-refractivity contribution in [2.75, 3.05) is 0 Å². The molecule has 0 saturated heterocycles. The fourth-order valence-corrected chi connectivity index (χ4v) is 7.21. The van der Waals surface area contributed by atoms with E-state index in [9.17, 15) is 9.90 Å². The number of aliphatic hydroxyl groups is 1. The van der Waals surface area contributed by atoms with Crippen LogP contribution in [-0.4, -0.2) is 16.5 Å². The minimum absolute atomic E-state index is 0.148. The molecule has 4 aliphatic carbocycles. The molecule has 0 aromatic rings. The van der Waals surface area contributed by atoms with Crippen LogP contribution in [0.15, 0.2) is 11.6 Å². The molecule has 4 rings (SSSR count). The Labute approximate surface area is 146 Å². The minimum atomic E-state index is -0.956. The Morgan fingerprint density at radius 3 is 2.67 bits per heavy atom. The van der Waals surface area contributed by atoms with Gasteiger partial charge in [0.2, 0.25) is 0 Å². The molecule has 130 valence electrons. The topological polar surface area (TPSA) is 37.3 Å². The molecule has 0 aromatic heterocycles. The van der Waals surface area contributed by atoms with Gasteiger partial charge in [0.25, 0.3) is 0 Å². The van der Waals surface area contributed by atoms with Crippen molar-refractivity contribution in [2.24, 2.45) is 34.5 Å². The van der Waals surface area contributed by atoms with Crippen molar-refractivity contribution in [2.45, 2.75) is 71.3 Å². The van der Waals surface area contributed by atoms with Gasteiger partial charge < -0.3 is 5.11 Å². The SMILES string of the molecule is C#C[C@]1(O)[C@@H](C)C[C@H]2[C@@H]3CCC4=CC(=O)CC[C@]4(C)[C@H]3CC[C@@]21C. The van der Waals surface area contributed by atoms with E-state index in [0.29, 0.717) is 30.0 Å². The predicted molar refractivity (Wildman–Crippen MR) is 95.0 cm³/mol. The molecule has 1 N–H and O–H groups in total. The first kappa shape index (κ1) is 16.4. The van der Waals surface area contributed by atoms with Crippen molar-refractivity contribution in [3.8, 4) is 12.3 Å². The molecule has 24 heavy (non-hydrogen) atoms. The molecule has 3 fully saturated rings. The molecule has 0 aromatic carbocycles. The van der Waals surface area contributed by atoms with Crippen LogP contribution in [0.4, 0.5) is 0 Å². The number of carbonyl (C=O) groups excluding carboxylic acids is 1. The molecule has 0 amide bonds. The molecule has 4 aliphatic rings. The average molecular weight is 326 g/mol. The smallest absolute Gasteiger partial charge is 0.155 e.